The van der Waals surface area contributed by atoms with Crippen LogP contribution in [0.15, 0.2) is 34.7 Å². The zero-order valence-electron chi connectivity index (χ0n) is 17.7. The molecule has 0 radical (unpaired) electrons. The van der Waals surface area contributed by atoms with Crippen LogP contribution in [0.25, 0.3) is 0 Å². The molecule has 2 aromatic rings. The lowest BCUT2D eigenvalue weighted by Crippen LogP contribution is -2.38. The van der Waals surface area contributed by atoms with Crippen molar-refractivity contribution in [2.75, 3.05) is 26.2 Å². The molecule has 2 aliphatic rings. The molecule has 0 bridgehead atoms. The van der Waals surface area contributed by atoms with E-state index in [-0.39, 0.29) is 11.8 Å². The number of piperidine rings is 2. The number of aryl methyl sites for hydroxylation is 2. The fourth-order valence-corrected chi connectivity index (χ4v) is 3.96. The Balaban J connectivity index is 0.000000169. The molecule has 3 heterocycles. The molecular weight excluding hydrogens is 364 g/mol. The molecule has 2 saturated heterocycles. The van der Waals surface area contributed by atoms with E-state index >= 15 is 0 Å². The van der Waals surface area contributed by atoms with E-state index in [2.05, 4.69) is 39.5 Å². The van der Waals surface area contributed by atoms with Crippen LogP contribution in [0.1, 0.15) is 54.5 Å². The molecule has 6 nitrogen and oxygen atoms in total. The van der Waals surface area contributed by atoms with Crippen LogP contribution in [0.3, 0.4) is 0 Å². The first-order valence-electron chi connectivity index (χ1n) is 10.7. The highest BCUT2D eigenvalue weighted by molar-refractivity contribution is 5.76. The number of likely N-dealkylation sites (tertiary alicyclic amines) is 1. The van der Waals surface area contributed by atoms with Gasteiger partial charge in [0.2, 0.25) is 5.91 Å². The van der Waals surface area contributed by atoms with Crippen molar-refractivity contribution in [2.45, 2.75) is 52.0 Å². The fourth-order valence-electron chi connectivity index (χ4n) is 3.96. The van der Waals surface area contributed by atoms with Crippen LogP contribution >= 0.6 is 0 Å². The molecular formula is C23H34N4O2. The number of amides is 1. The molecule has 0 unspecified atom stereocenters. The van der Waals surface area contributed by atoms with Gasteiger partial charge in [0.15, 0.2) is 5.89 Å². The van der Waals surface area contributed by atoms with Gasteiger partial charge in [0.05, 0.1) is 5.69 Å². The topological polar surface area (TPSA) is 84.4 Å². The first-order chi connectivity index (χ1) is 14.0. The van der Waals surface area contributed by atoms with E-state index in [1.54, 1.807) is 0 Å². The molecule has 2 fully saturated rings. The number of nitrogens with one attached hydrogen (secondary N) is 1. The Morgan fingerprint density at radius 3 is 2.34 bits per heavy atom. The van der Waals surface area contributed by atoms with Crippen LogP contribution in [0.2, 0.25) is 0 Å². The normalized spacial score (nSPS) is 18.8. The Labute approximate surface area is 173 Å². The van der Waals surface area contributed by atoms with Gasteiger partial charge < -0.3 is 15.5 Å². The molecule has 1 aromatic heterocycles. The molecule has 0 spiro atoms. The van der Waals surface area contributed by atoms with Gasteiger partial charge in [-0.25, -0.2) is 4.98 Å². The molecule has 0 saturated carbocycles. The first kappa shape index (κ1) is 21.5. The van der Waals surface area contributed by atoms with E-state index in [9.17, 15) is 4.79 Å². The largest absolute Gasteiger partial charge is 0.445 e. The van der Waals surface area contributed by atoms with Crippen molar-refractivity contribution in [3.8, 4) is 0 Å². The standard InChI is InChI=1S/C13H18N2O.C10H16N2O/c14-13(16)12-6-8-15(9-7-12)10-11-4-2-1-3-5-11;1-7-8(2)13-10(12-7)9-3-5-11-6-4-9/h1-5,12H,6-10H2,(H2,14,16);9,11H,3-6H2,1-2H3. The van der Waals surface area contributed by atoms with Gasteiger partial charge in [-0.1, -0.05) is 30.3 Å². The van der Waals surface area contributed by atoms with Gasteiger partial charge in [-0.2, -0.15) is 0 Å². The van der Waals surface area contributed by atoms with Crippen LogP contribution in [0, 0.1) is 19.8 Å². The Bertz CT molecular complexity index is 741. The number of nitrogens with zero attached hydrogens (tertiary/aromatic N) is 2. The van der Waals surface area contributed by atoms with Gasteiger partial charge in [0, 0.05) is 18.4 Å². The Morgan fingerprint density at radius 1 is 1.14 bits per heavy atom. The second-order valence-corrected chi connectivity index (χ2v) is 8.16. The molecule has 2 aliphatic heterocycles. The van der Waals surface area contributed by atoms with E-state index in [1.807, 2.05) is 19.9 Å². The predicted molar refractivity (Wildman–Crippen MR) is 114 cm³/mol. The van der Waals surface area contributed by atoms with Gasteiger partial charge in [0.25, 0.3) is 0 Å². The van der Waals surface area contributed by atoms with Crippen molar-refractivity contribution in [3.63, 3.8) is 0 Å². The highest BCUT2D eigenvalue weighted by Gasteiger charge is 2.23. The number of rotatable bonds is 4. The van der Waals surface area contributed by atoms with Crippen LogP contribution in [0.4, 0.5) is 0 Å². The molecule has 1 aromatic carbocycles. The second kappa shape index (κ2) is 10.6. The third-order valence-corrected chi connectivity index (χ3v) is 5.97. The third-order valence-electron chi connectivity index (χ3n) is 5.97. The summed E-state index contributed by atoms with van der Waals surface area (Å²) in [5.41, 5.74) is 7.68. The van der Waals surface area contributed by atoms with E-state index in [1.165, 1.54) is 5.56 Å². The fraction of sp³-hybridized carbons (Fsp3) is 0.565. The number of oxazole rings is 1. The van der Waals surface area contributed by atoms with E-state index < -0.39 is 0 Å². The van der Waals surface area contributed by atoms with Gasteiger partial charge in [0.1, 0.15) is 5.76 Å². The van der Waals surface area contributed by atoms with E-state index in [0.29, 0.717) is 5.92 Å². The number of primary amides is 1. The summed E-state index contributed by atoms with van der Waals surface area (Å²) in [5, 5.41) is 3.34. The molecule has 29 heavy (non-hydrogen) atoms. The highest BCUT2D eigenvalue weighted by Crippen LogP contribution is 2.25. The molecule has 6 heteroatoms. The van der Waals surface area contributed by atoms with E-state index in [4.69, 9.17) is 10.2 Å². The summed E-state index contributed by atoms with van der Waals surface area (Å²) in [4.78, 5) is 17.8. The third kappa shape index (κ3) is 6.41. The Kier molecular flexibility index (Phi) is 7.83. The molecule has 0 aliphatic carbocycles. The smallest absolute Gasteiger partial charge is 0.220 e. The zero-order chi connectivity index (χ0) is 20.6. The first-order valence-corrected chi connectivity index (χ1v) is 10.7. The molecule has 0 atom stereocenters. The maximum atomic E-state index is 11.0. The van der Waals surface area contributed by atoms with E-state index in [0.717, 1.165) is 75.8 Å². The lowest BCUT2D eigenvalue weighted by molar-refractivity contribution is -0.123. The lowest BCUT2D eigenvalue weighted by atomic mass is 9.96. The molecule has 3 N–H and O–H groups in total. The van der Waals surface area contributed by atoms with Crippen LogP contribution < -0.4 is 11.1 Å². The van der Waals surface area contributed by atoms with Crippen molar-refractivity contribution in [2.24, 2.45) is 11.7 Å². The van der Waals surface area contributed by atoms with Crippen molar-refractivity contribution in [3.05, 3.63) is 53.2 Å². The predicted octanol–water partition coefficient (Wildman–Crippen LogP) is 3.14. The summed E-state index contributed by atoms with van der Waals surface area (Å²) in [6, 6.07) is 10.4. The van der Waals surface area contributed by atoms with Gasteiger partial charge >= 0.3 is 0 Å². The average molecular weight is 399 g/mol. The summed E-state index contributed by atoms with van der Waals surface area (Å²) in [6.45, 7) is 9.09. The molecule has 1 amide bonds. The van der Waals surface area contributed by atoms with Gasteiger partial charge in [-0.05, 0) is 71.3 Å². The van der Waals surface area contributed by atoms with Crippen molar-refractivity contribution in [1.29, 1.82) is 0 Å². The van der Waals surface area contributed by atoms with Gasteiger partial charge in [-0.15, -0.1) is 0 Å². The Morgan fingerprint density at radius 2 is 1.79 bits per heavy atom. The maximum absolute atomic E-state index is 11.0. The average Bonchev–Trinajstić information content (AvgIpc) is 3.09. The van der Waals surface area contributed by atoms with Crippen LogP contribution in [0.5, 0.6) is 0 Å². The number of benzene rings is 1. The summed E-state index contributed by atoms with van der Waals surface area (Å²) in [7, 11) is 0. The summed E-state index contributed by atoms with van der Waals surface area (Å²) >= 11 is 0. The van der Waals surface area contributed by atoms with Crippen LogP contribution in [-0.2, 0) is 11.3 Å². The van der Waals surface area contributed by atoms with Crippen molar-refractivity contribution >= 4 is 5.91 Å². The monoisotopic (exact) mass is 398 g/mol. The lowest BCUT2D eigenvalue weighted by Gasteiger charge is -2.30. The number of carbonyl (C=O) groups excluding carboxylic acids is 1. The summed E-state index contributed by atoms with van der Waals surface area (Å²) in [5.74, 6) is 2.39. The minimum atomic E-state index is -0.139. The SMILES string of the molecule is Cc1nc(C2CCNCC2)oc1C.NC(=O)C1CCN(Cc2ccccc2)CC1. The van der Waals surface area contributed by atoms with Crippen molar-refractivity contribution in [1.82, 2.24) is 15.2 Å². The molecule has 4 rings (SSSR count). The van der Waals surface area contributed by atoms with Gasteiger partial charge in [-0.3, -0.25) is 9.69 Å². The minimum absolute atomic E-state index is 0.0898. The maximum Gasteiger partial charge on any atom is 0.220 e. The summed E-state index contributed by atoms with van der Waals surface area (Å²) in [6.07, 6.45) is 4.11. The zero-order valence-corrected chi connectivity index (χ0v) is 17.7. The quantitative estimate of drug-likeness (QED) is 0.826. The molecule has 158 valence electrons. The van der Waals surface area contributed by atoms with Crippen molar-refractivity contribution < 1.29 is 9.21 Å². The Hall–Kier alpha value is -2.18. The highest BCUT2D eigenvalue weighted by atomic mass is 16.4. The second-order valence-electron chi connectivity index (χ2n) is 8.16. The number of hydrogen-bond donors (Lipinski definition) is 2. The summed E-state index contributed by atoms with van der Waals surface area (Å²) < 4.78 is 5.61. The van der Waals surface area contributed by atoms with Crippen LogP contribution in [-0.4, -0.2) is 42.0 Å². The number of carbonyl (C=O) groups is 1. The minimum Gasteiger partial charge on any atom is -0.445 e. The number of aromatic nitrogens is 1. The number of nitrogens with two attached hydrogens (primary N) is 1. The number of hydrogen-bond acceptors (Lipinski definition) is 5.